The number of amides is 1. The lowest BCUT2D eigenvalue weighted by Gasteiger charge is -2.13. The third kappa shape index (κ3) is 4.82. The molecule has 19 heavy (non-hydrogen) atoms. The summed E-state index contributed by atoms with van der Waals surface area (Å²) in [4.78, 5) is 22.0. The fourth-order valence-corrected chi connectivity index (χ4v) is 1.87. The lowest BCUT2D eigenvalue weighted by atomic mass is 10.2. The Morgan fingerprint density at radius 2 is 1.89 bits per heavy atom. The molecule has 1 amide bonds. The molecule has 0 aliphatic rings. The first-order chi connectivity index (χ1) is 8.70. The van der Waals surface area contributed by atoms with Crippen molar-refractivity contribution in [3.8, 4) is 0 Å². The van der Waals surface area contributed by atoms with Crippen LogP contribution in [0.15, 0.2) is 29.2 Å². The molecular formula is C11H10F3NO3S. The maximum Gasteiger partial charge on any atom is 0.446 e. The first-order valence-corrected chi connectivity index (χ1v) is 5.91. The van der Waals surface area contributed by atoms with Crippen molar-refractivity contribution >= 4 is 23.6 Å². The summed E-state index contributed by atoms with van der Waals surface area (Å²) in [6.45, 7) is 1.22. The summed E-state index contributed by atoms with van der Waals surface area (Å²) in [5.74, 6) is -2.13. The van der Waals surface area contributed by atoms with Gasteiger partial charge in [-0.05, 0) is 30.8 Å². The summed E-state index contributed by atoms with van der Waals surface area (Å²) in [5.41, 5.74) is -4.73. The molecule has 0 bridgehead atoms. The Morgan fingerprint density at radius 3 is 2.42 bits per heavy atom. The number of rotatable bonds is 4. The number of carbonyl (C=O) groups is 2. The van der Waals surface area contributed by atoms with Gasteiger partial charge in [-0.15, -0.1) is 0 Å². The molecule has 0 radical (unpaired) electrons. The van der Waals surface area contributed by atoms with Gasteiger partial charge in [0.2, 0.25) is 0 Å². The van der Waals surface area contributed by atoms with Crippen LogP contribution in [0.5, 0.6) is 0 Å². The number of carboxylic acid groups (broad SMARTS) is 1. The van der Waals surface area contributed by atoms with E-state index in [1.807, 2.05) is 0 Å². The molecule has 2 N–H and O–H groups in total. The number of hydrogen-bond donors (Lipinski definition) is 2. The monoisotopic (exact) mass is 293 g/mol. The van der Waals surface area contributed by atoms with Crippen molar-refractivity contribution in [1.29, 1.82) is 0 Å². The van der Waals surface area contributed by atoms with Crippen LogP contribution in [-0.2, 0) is 4.79 Å². The minimum absolute atomic E-state index is 0.210. The summed E-state index contributed by atoms with van der Waals surface area (Å²) in [6, 6.07) is 3.94. The second-order valence-electron chi connectivity index (χ2n) is 3.58. The van der Waals surface area contributed by atoms with Crippen molar-refractivity contribution in [3.63, 3.8) is 0 Å². The van der Waals surface area contributed by atoms with E-state index in [4.69, 9.17) is 5.11 Å². The molecule has 0 heterocycles. The highest BCUT2D eigenvalue weighted by atomic mass is 32.2. The fourth-order valence-electron chi connectivity index (χ4n) is 1.20. The van der Waals surface area contributed by atoms with Crippen molar-refractivity contribution in [2.75, 3.05) is 0 Å². The third-order valence-corrected chi connectivity index (χ3v) is 2.88. The summed E-state index contributed by atoms with van der Waals surface area (Å²) in [7, 11) is 0. The Labute approximate surface area is 111 Å². The van der Waals surface area contributed by atoms with Crippen molar-refractivity contribution in [2.24, 2.45) is 0 Å². The van der Waals surface area contributed by atoms with E-state index >= 15 is 0 Å². The summed E-state index contributed by atoms with van der Waals surface area (Å²) in [6.07, 6.45) is 0. The van der Waals surface area contributed by atoms with Gasteiger partial charge in [0.1, 0.15) is 6.04 Å². The van der Waals surface area contributed by atoms with Gasteiger partial charge < -0.3 is 10.4 Å². The van der Waals surface area contributed by atoms with E-state index < -0.39 is 35.2 Å². The maximum absolute atomic E-state index is 12.3. The van der Waals surface area contributed by atoms with E-state index in [0.717, 1.165) is 6.07 Å². The molecule has 1 atom stereocenters. The van der Waals surface area contributed by atoms with E-state index in [0.29, 0.717) is 0 Å². The van der Waals surface area contributed by atoms with Gasteiger partial charge in [0.05, 0.1) is 5.56 Å². The summed E-state index contributed by atoms with van der Waals surface area (Å²) < 4.78 is 36.9. The predicted octanol–water partition coefficient (Wildman–Crippen LogP) is 2.50. The number of carbonyl (C=O) groups excluding carboxylic acids is 1. The molecule has 1 aromatic carbocycles. The van der Waals surface area contributed by atoms with Crippen molar-refractivity contribution in [3.05, 3.63) is 29.8 Å². The molecule has 0 fully saturated rings. The largest absolute Gasteiger partial charge is 0.480 e. The summed E-state index contributed by atoms with van der Waals surface area (Å²) >= 11 is -0.417. The molecule has 0 aromatic heterocycles. The number of carboxylic acids is 1. The zero-order chi connectivity index (χ0) is 14.6. The van der Waals surface area contributed by atoms with E-state index in [9.17, 15) is 22.8 Å². The second kappa shape index (κ2) is 5.96. The van der Waals surface area contributed by atoms with Gasteiger partial charge in [0, 0.05) is 4.90 Å². The number of thioether (sulfide) groups is 1. The Balaban J connectivity index is 2.94. The van der Waals surface area contributed by atoms with E-state index in [1.165, 1.54) is 25.1 Å². The van der Waals surface area contributed by atoms with Gasteiger partial charge in [0.15, 0.2) is 0 Å². The van der Waals surface area contributed by atoms with Crippen LogP contribution in [0.1, 0.15) is 17.3 Å². The molecule has 0 saturated carbocycles. The molecule has 104 valence electrons. The van der Waals surface area contributed by atoms with Crippen LogP contribution >= 0.6 is 11.8 Å². The average molecular weight is 293 g/mol. The van der Waals surface area contributed by atoms with E-state index in [2.05, 4.69) is 5.32 Å². The van der Waals surface area contributed by atoms with Gasteiger partial charge in [-0.1, -0.05) is 12.1 Å². The minimum atomic E-state index is -4.52. The van der Waals surface area contributed by atoms with Crippen LogP contribution in [0.3, 0.4) is 0 Å². The van der Waals surface area contributed by atoms with Crippen LogP contribution in [0.25, 0.3) is 0 Å². The Hall–Kier alpha value is -1.70. The maximum atomic E-state index is 12.3. The molecule has 0 aliphatic carbocycles. The molecule has 8 heteroatoms. The molecule has 1 rings (SSSR count). The Kier molecular flexibility index (Phi) is 4.82. The van der Waals surface area contributed by atoms with Crippen LogP contribution in [0.2, 0.25) is 0 Å². The molecule has 0 saturated heterocycles. The zero-order valence-corrected chi connectivity index (χ0v) is 10.5. The first kappa shape index (κ1) is 15.4. The summed E-state index contributed by atoms with van der Waals surface area (Å²) in [5, 5.41) is 10.7. The van der Waals surface area contributed by atoms with Crippen molar-refractivity contribution in [1.82, 2.24) is 5.32 Å². The lowest BCUT2D eigenvalue weighted by Crippen LogP contribution is -2.38. The smallest absolute Gasteiger partial charge is 0.446 e. The number of aliphatic carboxylic acids is 1. The SMILES string of the molecule is CC(NC(=O)c1ccccc1SC(F)(F)F)C(=O)O. The molecule has 0 spiro atoms. The van der Waals surface area contributed by atoms with Gasteiger partial charge in [-0.2, -0.15) is 13.2 Å². The lowest BCUT2D eigenvalue weighted by molar-refractivity contribution is -0.138. The minimum Gasteiger partial charge on any atom is -0.480 e. The average Bonchev–Trinajstić information content (AvgIpc) is 2.27. The Morgan fingerprint density at radius 1 is 1.32 bits per heavy atom. The standard InChI is InChI=1S/C11H10F3NO3S/c1-6(10(17)18)15-9(16)7-4-2-3-5-8(7)19-11(12,13)14/h2-6H,1H3,(H,15,16)(H,17,18). The second-order valence-corrected chi connectivity index (χ2v) is 4.68. The Bertz CT molecular complexity index is 490. The number of halogens is 3. The zero-order valence-electron chi connectivity index (χ0n) is 9.69. The quantitative estimate of drug-likeness (QED) is 0.837. The molecular weight excluding hydrogens is 283 g/mol. The highest BCUT2D eigenvalue weighted by molar-refractivity contribution is 8.00. The topological polar surface area (TPSA) is 66.4 Å². The highest BCUT2D eigenvalue weighted by Crippen LogP contribution is 2.38. The molecule has 4 nitrogen and oxygen atoms in total. The predicted molar refractivity (Wildman–Crippen MR) is 62.9 cm³/mol. The molecule has 1 aromatic rings. The van der Waals surface area contributed by atoms with Crippen molar-refractivity contribution < 1.29 is 27.9 Å². The number of alkyl halides is 3. The van der Waals surface area contributed by atoms with Crippen LogP contribution in [-0.4, -0.2) is 28.5 Å². The van der Waals surface area contributed by atoms with Crippen LogP contribution in [0, 0.1) is 0 Å². The van der Waals surface area contributed by atoms with E-state index in [-0.39, 0.29) is 10.5 Å². The third-order valence-electron chi connectivity index (χ3n) is 2.08. The first-order valence-electron chi connectivity index (χ1n) is 5.09. The van der Waals surface area contributed by atoms with Crippen LogP contribution < -0.4 is 5.32 Å². The van der Waals surface area contributed by atoms with E-state index in [1.54, 1.807) is 0 Å². The number of nitrogens with one attached hydrogen (secondary N) is 1. The van der Waals surface area contributed by atoms with Gasteiger partial charge in [-0.3, -0.25) is 9.59 Å². The number of hydrogen-bond acceptors (Lipinski definition) is 3. The van der Waals surface area contributed by atoms with Gasteiger partial charge in [-0.25, -0.2) is 0 Å². The normalized spacial score (nSPS) is 12.8. The molecule has 1 unspecified atom stereocenters. The van der Waals surface area contributed by atoms with Crippen LogP contribution in [0.4, 0.5) is 13.2 Å². The fraction of sp³-hybridized carbons (Fsp3) is 0.273. The van der Waals surface area contributed by atoms with Gasteiger partial charge >= 0.3 is 11.5 Å². The van der Waals surface area contributed by atoms with Gasteiger partial charge in [0.25, 0.3) is 5.91 Å². The van der Waals surface area contributed by atoms with Crippen molar-refractivity contribution in [2.45, 2.75) is 23.4 Å². The molecule has 0 aliphatic heterocycles. The highest BCUT2D eigenvalue weighted by Gasteiger charge is 2.31. The number of benzene rings is 1.